The molecule has 0 atom stereocenters. The zero-order valence-corrected chi connectivity index (χ0v) is 16.6. The SMILES string of the molecule is CCN(CC)c1ccc(Nc2ccnc(C(=O)Nc3cc(C)on3)c2)c(C)c1. The number of carbonyl (C=O) groups excluding carboxylic acids is 1. The average Bonchev–Trinajstić information content (AvgIpc) is 3.09. The minimum Gasteiger partial charge on any atom is -0.372 e. The molecule has 7 nitrogen and oxygen atoms in total. The van der Waals surface area contributed by atoms with Crippen LogP contribution in [0.5, 0.6) is 0 Å². The first kappa shape index (κ1) is 19.4. The van der Waals surface area contributed by atoms with E-state index >= 15 is 0 Å². The molecule has 1 amide bonds. The van der Waals surface area contributed by atoms with Crippen LogP contribution in [-0.4, -0.2) is 29.1 Å². The van der Waals surface area contributed by atoms with Crippen molar-refractivity contribution in [2.45, 2.75) is 27.7 Å². The van der Waals surface area contributed by atoms with Crippen LogP contribution >= 0.6 is 0 Å². The number of rotatable bonds is 7. The van der Waals surface area contributed by atoms with Gasteiger partial charge in [0.25, 0.3) is 5.91 Å². The molecule has 2 heterocycles. The van der Waals surface area contributed by atoms with Gasteiger partial charge >= 0.3 is 0 Å². The molecular formula is C21H25N5O2. The Morgan fingerprint density at radius 2 is 1.89 bits per heavy atom. The monoisotopic (exact) mass is 379 g/mol. The Hall–Kier alpha value is -3.35. The van der Waals surface area contributed by atoms with E-state index in [1.807, 2.05) is 6.07 Å². The van der Waals surface area contributed by atoms with Gasteiger partial charge in [0, 0.05) is 42.4 Å². The standard InChI is InChI=1S/C21H25N5O2/c1-5-26(6-2)17-7-8-18(14(3)11-17)23-16-9-10-22-19(13-16)21(27)24-20-12-15(4)28-25-20/h7-13H,5-6H2,1-4H3,(H,22,23)(H,24,25,27). The van der Waals surface area contributed by atoms with Gasteiger partial charge in [-0.25, -0.2) is 0 Å². The predicted molar refractivity (Wildman–Crippen MR) is 111 cm³/mol. The molecule has 2 N–H and O–H groups in total. The molecule has 2 aromatic heterocycles. The molecule has 3 aromatic rings. The number of aryl methyl sites for hydroxylation is 2. The number of pyridine rings is 1. The van der Waals surface area contributed by atoms with E-state index in [0.717, 1.165) is 30.0 Å². The highest BCUT2D eigenvalue weighted by Gasteiger charge is 2.12. The van der Waals surface area contributed by atoms with Gasteiger partial charge in [-0.2, -0.15) is 0 Å². The van der Waals surface area contributed by atoms with Gasteiger partial charge in [-0.3, -0.25) is 9.78 Å². The first-order valence-electron chi connectivity index (χ1n) is 9.33. The third-order valence-electron chi connectivity index (χ3n) is 4.48. The van der Waals surface area contributed by atoms with Crippen LogP contribution in [0.3, 0.4) is 0 Å². The number of benzene rings is 1. The van der Waals surface area contributed by atoms with Crippen LogP contribution in [0, 0.1) is 13.8 Å². The third kappa shape index (κ3) is 4.49. The van der Waals surface area contributed by atoms with Crippen molar-refractivity contribution < 1.29 is 9.32 Å². The minimum absolute atomic E-state index is 0.295. The van der Waals surface area contributed by atoms with Crippen LogP contribution in [0.2, 0.25) is 0 Å². The molecule has 3 rings (SSSR count). The first-order chi connectivity index (χ1) is 13.5. The summed E-state index contributed by atoms with van der Waals surface area (Å²) in [6.45, 7) is 10.1. The molecule has 7 heteroatoms. The topological polar surface area (TPSA) is 83.3 Å². The van der Waals surface area contributed by atoms with E-state index in [9.17, 15) is 4.79 Å². The molecule has 28 heavy (non-hydrogen) atoms. The predicted octanol–water partition coefficient (Wildman–Crippen LogP) is 4.53. The number of nitrogens with one attached hydrogen (secondary N) is 2. The Balaban J connectivity index is 1.74. The molecule has 0 saturated carbocycles. The minimum atomic E-state index is -0.342. The third-order valence-corrected chi connectivity index (χ3v) is 4.48. The molecule has 0 fully saturated rings. The number of anilines is 4. The van der Waals surface area contributed by atoms with Crippen molar-refractivity contribution in [1.82, 2.24) is 10.1 Å². The lowest BCUT2D eigenvalue weighted by Crippen LogP contribution is -2.21. The number of carbonyl (C=O) groups is 1. The van der Waals surface area contributed by atoms with E-state index < -0.39 is 0 Å². The summed E-state index contributed by atoms with van der Waals surface area (Å²) in [5.74, 6) is 0.651. The van der Waals surface area contributed by atoms with E-state index in [0.29, 0.717) is 17.3 Å². The molecular weight excluding hydrogens is 354 g/mol. The fourth-order valence-corrected chi connectivity index (χ4v) is 2.97. The largest absolute Gasteiger partial charge is 0.372 e. The molecule has 0 unspecified atom stereocenters. The zero-order valence-electron chi connectivity index (χ0n) is 16.6. The Kier molecular flexibility index (Phi) is 5.93. The van der Waals surface area contributed by atoms with Gasteiger partial charge in [0.15, 0.2) is 5.82 Å². The maximum atomic E-state index is 12.4. The Morgan fingerprint density at radius 1 is 1.11 bits per heavy atom. The zero-order chi connectivity index (χ0) is 20.1. The Bertz CT molecular complexity index is 963. The molecule has 0 spiro atoms. The van der Waals surface area contributed by atoms with Crippen LogP contribution in [0.15, 0.2) is 47.1 Å². The van der Waals surface area contributed by atoms with Gasteiger partial charge in [0.2, 0.25) is 0 Å². The molecule has 0 aliphatic carbocycles. The highest BCUT2D eigenvalue weighted by molar-refractivity contribution is 6.02. The van der Waals surface area contributed by atoms with Crippen LogP contribution < -0.4 is 15.5 Å². The summed E-state index contributed by atoms with van der Waals surface area (Å²) in [4.78, 5) is 18.8. The van der Waals surface area contributed by atoms with Crippen molar-refractivity contribution in [2.24, 2.45) is 0 Å². The Morgan fingerprint density at radius 3 is 2.54 bits per heavy atom. The van der Waals surface area contributed by atoms with Crippen molar-refractivity contribution in [3.8, 4) is 0 Å². The van der Waals surface area contributed by atoms with Gasteiger partial charge in [0.1, 0.15) is 11.5 Å². The van der Waals surface area contributed by atoms with Gasteiger partial charge in [-0.1, -0.05) is 5.16 Å². The van der Waals surface area contributed by atoms with Crippen LogP contribution in [0.1, 0.15) is 35.7 Å². The highest BCUT2D eigenvalue weighted by Crippen LogP contribution is 2.25. The van der Waals surface area contributed by atoms with Crippen LogP contribution in [0.25, 0.3) is 0 Å². The maximum Gasteiger partial charge on any atom is 0.275 e. The Labute approximate surface area is 164 Å². The van der Waals surface area contributed by atoms with Crippen molar-refractivity contribution in [2.75, 3.05) is 28.6 Å². The van der Waals surface area contributed by atoms with E-state index in [1.165, 1.54) is 5.69 Å². The van der Waals surface area contributed by atoms with Gasteiger partial charge in [-0.05, 0) is 63.6 Å². The summed E-state index contributed by atoms with van der Waals surface area (Å²) in [5.41, 5.74) is 4.40. The van der Waals surface area contributed by atoms with Crippen LogP contribution in [0.4, 0.5) is 22.9 Å². The lowest BCUT2D eigenvalue weighted by Gasteiger charge is -2.22. The average molecular weight is 379 g/mol. The number of amides is 1. The molecule has 0 bridgehead atoms. The maximum absolute atomic E-state index is 12.4. The summed E-state index contributed by atoms with van der Waals surface area (Å²) in [5, 5.41) is 9.80. The molecule has 146 valence electrons. The second kappa shape index (κ2) is 8.56. The molecule has 1 aromatic carbocycles. The van der Waals surface area contributed by atoms with Crippen LogP contribution in [-0.2, 0) is 0 Å². The van der Waals surface area contributed by atoms with E-state index in [2.05, 4.69) is 64.6 Å². The summed E-state index contributed by atoms with van der Waals surface area (Å²) >= 11 is 0. The number of nitrogens with zero attached hydrogens (tertiary/aromatic N) is 3. The van der Waals surface area contributed by atoms with E-state index in [1.54, 1.807) is 25.3 Å². The highest BCUT2D eigenvalue weighted by atomic mass is 16.5. The summed E-state index contributed by atoms with van der Waals surface area (Å²) < 4.78 is 4.96. The fraction of sp³-hybridized carbons (Fsp3) is 0.286. The second-order valence-corrected chi connectivity index (χ2v) is 6.50. The van der Waals surface area contributed by atoms with Gasteiger partial charge in [-0.15, -0.1) is 0 Å². The quantitative estimate of drug-likeness (QED) is 0.628. The van der Waals surface area contributed by atoms with E-state index in [-0.39, 0.29) is 5.91 Å². The molecule has 0 aliphatic heterocycles. The van der Waals surface area contributed by atoms with Crippen molar-refractivity contribution in [3.05, 3.63) is 59.6 Å². The fourth-order valence-electron chi connectivity index (χ4n) is 2.97. The van der Waals surface area contributed by atoms with Crippen molar-refractivity contribution >= 4 is 28.8 Å². The molecule has 0 saturated heterocycles. The lowest BCUT2D eigenvalue weighted by atomic mass is 10.1. The molecule has 0 aliphatic rings. The summed E-state index contributed by atoms with van der Waals surface area (Å²) in [6, 6.07) is 11.5. The summed E-state index contributed by atoms with van der Waals surface area (Å²) in [6.07, 6.45) is 1.60. The second-order valence-electron chi connectivity index (χ2n) is 6.50. The van der Waals surface area contributed by atoms with E-state index in [4.69, 9.17) is 4.52 Å². The van der Waals surface area contributed by atoms with Crippen molar-refractivity contribution in [3.63, 3.8) is 0 Å². The first-order valence-corrected chi connectivity index (χ1v) is 9.33. The van der Waals surface area contributed by atoms with Gasteiger partial charge in [0.05, 0.1) is 0 Å². The number of hydrogen-bond donors (Lipinski definition) is 2. The normalized spacial score (nSPS) is 10.6. The van der Waals surface area contributed by atoms with Gasteiger partial charge < -0.3 is 20.1 Å². The lowest BCUT2D eigenvalue weighted by molar-refractivity contribution is 0.102. The molecule has 0 radical (unpaired) electrons. The smallest absolute Gasteiger partial charge is 0.275 e. The summed E-state index contributed by atoms with van der Waals surface area (Å²) in [7, 11) is 0. The van der Waals surface area contributed by atoms with Crippen molar-refractivity contribution in [1.29, 1.82) is 0 Å². The number of aromatic nitrogens is 2. The number of hydrogen-bond acceptors (Lipinski definition) is 6.